The fourth-order valence-corrected chi connectivity index (χ4v) is 5.62. The van der Waals surface area contributed by atoms with Crippen molar-refractivity contribution in [3.8, 4) is 11.4 Å². The van der Waals surface area contributed by atoms with Crippen molar-refractivity contribution < 1.29 is 14.3 Å². The molecule has 8 heteroatoms. The van der Waals surface area contributed by atoms with Crippen molar-refractivity contribution in [3.05, 3.63) is 77.1 Å². The summed E-state index contributed by atoms with van der Waals surface area (Å²) in [4.78, 5) is 43.3. The molecular formula is C30H31N5O3. The number of H-pyrrole nitrogens is 1. The van der Waals surface area contributed by atoms with E-state index in [0.717, 1.165) is 40.1 Å². The number of amides is 1. The van der Waals surface area contributed by atoms with Gasteiger partial charge in [-0.3, -0.25) is 9.59 Å². The zero-order chi connectivity index (χ0) is 26.6. The van der Waals surface area contributed by atoms with E-state index >= 15 is 0 Å². The van der Waals surface area contributed by atoms with Crippen LogP contribution >= 0.6 is 0 Å². The molecule has 194 valence electrons. The summed E-state index contributed by atoms with van der Waals surface area (Å²) >= 11 is 0. The Hall–Kier alpha value is -4.04. The number of carbonyl (C=O) groups excluding carboxylic acids is 2. The van der Waals surface area contributed by atoms with Crippen LogP contribution in [0.4, 0.5) is 5.82 Å². The van der Waals surface area contributed by atoms with Gasteiger partial charge in [0.25, 0.3) is 5.91 Å². The maximum absolute atomic E-state index is 13.8. The van der Waals surface area contributed by atoms with Gasteiger partial charge in [-0.2, -0.15) is 0 Å². The Labute approximate surface area is 221 Å². The minimum absolute atomic E-state index is 0.0255. The first-order chi connectivity index (χ1) is 18.3. The highest BCUT2D eigenvalue weighted by atomic mass is 16.5. The molecule has 4 heterocycles. The van der Waals surface area contributed by atoms with E-state index in [1.165, 1.54) is 6.92 Å². The van der Waals surface area contributed by atoms with Gasteiger partial charge in [-0.25, -0.2) is 9.97 Å². The lowest BCUT2D eigenvalue weighted by atomic mass is 9.98. The van der Waals surface area contributed by atoms with Crippen LogP contribution < -0.4 is 4.90 Å². The molecule has 6 rings (SSSR count). The summed E-state index contributed by atoms with van der Waals surface area (Å²) in [6.45, 7) is 10.1. The highest BCUT2D eigenvalue weighted by Gasteiger charge is 2.45. The number of nitrogens with one attached hydrogen (secondary N) is 1. The molecule has 0 aliphatic carbocycles. The molecule has 1 saturated heterocycles. The third-order valence-corrected chi connectivity index (χ3v) is 7.81. The minimum Gasteiger partial charge on any atom is -0.377 e. The number of nitrogens with zero attached hydrogens (tertiary/aromatic N) is 4. The predicted octanol–water partition coefficient (Wildman–Crippen LogP) is 4.94. The summed E-state index contributed by atoms with van der Waals surface area (Å²) in [5.74, 6) is 1.39. The zero-order valence-electron chi connectivity index (χ0n) is 22.1. The molecule has 1 fully saturated rings. The van der Waals surface area contributed by atoms with Gasteiger partial charge in [0.15, 0.2) is 11.6 Å². The Bertz CT molecular complexity index is 1560. The molecular weight excluding hydrogens is 478 g/mol. The fraction of sp³-hybridized carbons (Fsp3) is 0.333. The van der Waals surface area contributed by atoms with Crippen LogP contribution in [0.3, 0.4) is 0 Å². The number of fused-ring (bicyclic) bond motifs is 2. The number of morpholine rings is 1. The van der Waals surface area contributed by atoms with Crippen LogP contribution in [0.1, 0.15) is 59.7 Å². The largest absolute Gasteiger partial charge is 0.377 e. The number of rotatable bonds is 4. The van der Waals surface area contributed by atoms with E-state index in [0.29, 0.717) is 36.7 Å². The average Bonchev–Trinajstić information content (AvgIpc) is 3.50. The van der Waals surface area contributed by atoms with Crippen LogP contribution in [0.25, 0.3) is 22.3 Å². The SMILES string of the molecule is CC(=O)c1ccc(C(=O)N2Cc3c(N4CCOC[C@H]4C)nc(-c4cccc5[nH]ccc45)nc3C2(C)C)cc1. The number of anilines is 1. The van der Waals surface area contributed by atoms with Gasteiger partial charge in [-0.15, -0.1) is 0 Å². The number of ketones is 1. The van der Waals surface area contributed by atoms with Gasteiger partial charge < -0.3 is 19.5 Å². The third kappa shape index (κ3) is 3.87. The molecule has 4 aromatic rings. The molecule has 0 radical (unpaired) electrons. The van der Waals surface area contributed by atoms with E-state index in [2.05, 4.69) is 16.8 Å². The molecule has 0 saturated carbocycles. The summed E-state index contributed by atoms with van der Waals surface area (Å²) in [7, 11) is 0. The normalized spacial score (nSPS) is 18.6. The first kappa shape index (κ1) is 24.3. The van der Waals surface area contributed by atoms with Crippen LogP contribution in [0.5, 0.6) is 0 Å². The lowest BCUT2D eigenvalue weighted by molar-refractivity contribution is 0.0570. The summed E-state index contributed by atoms with van der Waals surface area (Å²) in [5, 5.41) is 1.06. The van der Waals surface area contributed by atoms with Gasteiger partial charge in [0.1, 0.15) is 5.82 Å². The number of Topliss-reactive ketones (excluding diaryl/α,β-unsaturated/α-hetero) is 1. The number of aromatic nitrogens is 3. The van der Waals surface area contributed by atoms with Crippen molar-refractivity contribution in [2.75, 3.05) is 24.7 Å². The number of aromatic amines is 1. The second kappa shape index (κ2) is 9.06. The number of hydrogen-bond donors (Lipinski definition) is 1. The van der Waals surface area contributed by atoms with Gasteiger partial charge in [-0.1, -0.05) is 24.3 Å². The number of ether oxygens (including phenoxy) is 1. The summed E-state index contributed by atoms with van der Waals surface area (Å²) in [6, 6.07) is 15.2. The molecule has 0 spiro atoms. The van der Waals surface area contributed by atoms with Crippen LogP contribution in [0, 0.1) is 0 Å². The molecule has 1 N–H and O–H groups in total. The summed E-state index contributed by atoms with van der Waals surface area (Å²) < 4.78 is 5.72. The monoisotopic (exact) mass is 509 g/mol. The maximum atomic E-state index is 13.8. The molecule has 38 heavy (non-hydrogen) atoms. The van der Waals surface area contributed by atoms with Crippen molar-refractivity contribution in [1.82, 2.24) is 19.9 Å². The van der Waals surface area contributed by atoms with Crippen LogP contribution in [0.2, 0.25) is 0 Å². The van der Waals surface area contributed by atoms with Crippen LogP contribution in [0.15, 0.2) is 54.7 Å². The molecule has 2 aliphatic rings. The van der Waals surface area contributed by atoms with Crippen LogP contribution in [-0.4, -0.2) is 57.3 Å². The smallest absolute Gasteiger partial charge is 0.254 e. The highest BCUT2D eigenvalue weighted by Crippen LogP contribution is 2.44. The topological polar surface area (TPSA) is 91.4 Å². The molecule has 0 bridgehead atoms. The van der Waals surface area contributed by atoms with Crippen molar-refractivity contribution in [2.24, 2.45) is 0 Å². The van der Waals surface area contributed by atoms with E-state index < -0.39 is 5.54 Å². The Kier molecular flexibility index (Phi) is 5.79. The van der Waals surface area contributed by atoms with E-state index in [4.69, 9.17) is 14.7 Å². The van der Waals surface area contributed by atoms with Crippen molar-refractivity contribution in [3.63, 3.8) is 0 Å². The minimum atomic E-state index is -0.667. The molecule has 8 nitrogen and oxygen atoms in total. The molecule has 2 aromatic heterocycles. The van der Waals surface area contributed by atoms with E-state index in [-0.39, 0.29) is 17.7 Å². The average molecular weight is 510 g/mol. The first-order valence-electron chi connectivity index (χ1n) is 13.0. The lowest BCUT2D eigenvalue weighted by Crippen LogP contribution is -2.44. The van der Waals surface area contributed by atoms with Gasteiger partial charge in [0, 0.05) is 45.9 Å². The maximum Gasteiger partial charge on any atom is 0.254 e. The lowest BCUT2D eigenvalue weighted by Gasteiger charge is -2.35. The van der Waals surface area contributed by atoms with Crippen molar-refractivity contribution in [2.45, 2.75) is 45.8 Å². The third-order valence-electron chi connectivity index (χ3n) is 7.81. The molecule has 2 aliphatic heterocycles. The predicted molar refractivity (Wildman–Crippen MR) is 146 cm³/mol. The van der Waals surface area contributed by atoms with E-state index in [9.17, 15) is 9.59 Å². The summed E-state index contributed by atoms with van der Waals surface area (Å²) in [5.41, 5.74) is 4.28. The first-order valence-corrected chi connectivity index (χ1v) is 13.0. The Morgan fingerprint density at radius 1 is 1.05 bits per heavy atom. The second-order valence-electron chi connectivity index (χ2n) is 10.6. The van der Waals surface area contributed by atoms with Gasteiger partial charge in [0.2, 0.25) is 0 Å². The molecule has 0 unspecified atom stereocenters. The fourth-order valence-electron chi connectivity index (χ4n) is 5.62. The van der Waals surface area contributed by atoms with E-state index in [1.54, 1.807) is 24.3 Å². The van der Waals surface area contributed by atoms with Crippen LogP contribution in [-0.2, 0) is 16.8 Å². The molecule has 1 atom stereocenters. The number of carbonyl (C=O) groups is 2. The number of benzene rings is 2. The zero-order valence-corrected chi connectivity index (χ0v) is 22.1. The Morgan fingerprint density at radius 2 is 1.82 bits per heavy atom. The Balaban J connectivity index is 1.48. The van der Waals surface area contributed by atoms with E-state index in [1.807, 2.05) is 49.2 Å². The quantitative estimate of drug-likeness (QED) is 0.392. The Morgan fingerprint density at radius 3 is 2.55 bits per heavy atom. The standard InChI is InChI=1S/C30H31N5O3/c1-18-17-38-15-14-34(18)28-24-16-35(29(37)21-10-8-20(9-11-21)19(2)36)30(3,4)26(24)32-27(33-28)23-6-5-7-25-22(23)12-13-31-25/h5-13,18,31H,14-17H2,1-4H3/t18-/m1/s1. The van der Waals surface area contributed by atoms with Crippen molar-refractivity contribution >= 4 is 28.4 Å². The molecule has 1 amide bonds. The van der Waals surface area contributed by atoms with Gasteiger partial charge in [0.05, 0.1) is 37.0 Å². The van der Waals surface area contributed by atoms with Gasteiger partial charge >= 0.3 is 0 Å². The number of hydrogen-bond acceptors (Lipinski definition) is 6. The van der Waals surface area contributed by atoms with Crippen molar-refractivity contribution in [1.29, 1.82) is 0 Å². The highest BCUT2D eigenvalue weighted by molar-refractivity contribution is 5.98. The van der Waals surface area contributed by atoms with Gasteiger partial charge in [-0.05, 0) is 52.0 Å². The molecule has 2 aromatic carbocycles. The second-order valence-corrected chi connectivity index (χ2v) is 10.6. The summed E-state index contributed by atoms with van der Waals surface area (Å²) in [6.07, 6.45) is 1.92.